The molecule has 2 aromatic rings. The molecule has 8 heteroatoms. The van der Waals surface area contributed by atoms with E-state index in [9.17, 15) is 9.59 Å². The molecular weight excluding hydrogens is 420 g/mol. The maximum Gasteiger partial charge on any atom is 0.270 e. The zero-order valence-corrected chi connectivity index (χ0v) is 19.8. The van der Waals surface area contributed by atoms with E-state index in [0.717, 1.165) is 68.8 Å². The highest BCUT2D eigenvalue weighted by Gasteiger charge is 2.30. The van der Waals surface area contributed by atoms with Gasteiger partial charge in [0.25, 0.3) is 5.91 Å². The number of aromatic nitrogens is 1. The van der Waals surface area contributed by atoms with Gasteiger partial charge < -0.3 is 24.7 Å². The topological polar surface area (TPSA) is 86.9 Å². The predicted molar refractivity (Wildman–Crippen MR) is 128 cm³/mol. The van der Waals surface area contributed by atoms with E-state index in [1.165, 1.54) is 0 Å². The maximum absolute atomic E-state index is 13.0. The smallest absolute Gasteiger partial charge is 0.270 e. The van der Waals surface area contributed by atoms with Crippen LogP contribution in [0.5, 0.6) is 5.75 Å². The third-order valence-electron chi connectivity index (χ3n) is 7.06. The van der Waals surface area contributed by atoms with Gasteiger partial charge in [-0.15, -0.1) is 0 Å². The Kier molecular flexibility index (Phi) is 7.88. The Bertz CT molecular complexity index is 945. The molecule has 2 N–H and O–H groups in total. The van der Waals surface area contributed by atoms with Gasteiger partial charge >= 0.3 is 0 Å². The van der Waals surface area contributed by atoms with Gasteiger partial charge in [0.05, 0.1) is 20.3 Å². The van der Waals surface area contributed by atoms with Gasteiger partial charge in [-0.25, -0.2) is 0 Å². The quantitative estimate of drug-likeness (QED) is 0.596. The van der Waals surface area contributed by atoms with Gasteiger partial charge in [-0.3, -0.25) is 14.5 Å². The molecule has 0 aliphatic carbocycles. The normalized spacial score (nSPS) is 18.9. The fraction of sp³-hybridized carbons (Fsp3) is 0.600. The number of benzene rings is 1. The summed E-state index contributed by atoms with van der Waals surface area (Å²) in [6.07, 6.45) is 2.66. The predicted octanol–water partition coefficient (Wildman–Crippen LogP) is 2.50. The first-order chi connectivity index (χ1) is 16.0. The number of piperidine rings is 1. The van der Waals surface area contributed by atoms with Crippen LogP contribution in [-0.4, -0.2) is 86.2 Å². The highest BCUT2D eigenvalue weighted by Crippen LogP contribution is 2.27. The average molecular weight is 457 g/mol. The van der Waals surface area contributed by atoms with Crippen molar-refractivity contribution in [1.82, 2.24) is 20.1 Å². The van der Waals surface area contributed by atoms with E-state index in [-0.39, 0.29) is 17.7 Å². The van der Waals surface area contributed by atoms with Crippen LogP contribution in [0.4, 0.5) is 0 Å². The summed E-state index contributed by atoms with van der Waals surface area (Å²) in [5.41, 5.74) is 1.49. The third-order valence-corrected chi connectivity index (χ3v) is 7.06. The number of nitrogens with one attached hydrogen (secondary N) is 2. The summed E-state index contributed by atoms with van der Waals surface area (Å²) in [6.45, 7) is 8.65. The van der Waals surface area contributed by atoms with Crippen LogP contribution < -0.4 is 10.1 Å². The Morgan fingerprint density at radius 2 is 1.94 bits per heavy atom. The summed E-state index contributed by atoms with van der Waals surface area (Å²) >= 11 is 0. The lowest BCUT2D eigenvalue weighted by molar-refractivity contribution is -0.126. The van der Waals surface area contributed by atoms with Crippen LogP contribution in [0.15, 0.2) is 24.3 Å². The molecule has 3 heterocycles. The van der Waals surface area contributed by atoms with Crippen LogP contribution in [0.25, 0.3) is 10.9 Å². The second-order valence-electron chi connectivity index (χ2n) is 9.15. The lowest BCUT2D eigenvalue weighted by Gasteiger charge is -2.34. The van der Waals surface area contributed by atoms with Gasteiger partial charge in [-0.1, -0.05) is 6.92 Å². The molecule has 2 fully saturated rings. The van der Waals surface area contributed by atoms with E-state index in [1.807, 2.05) is 36.1 Å². The van der Waals surface area contributed by atoms with Gasteiger partial charge in [0.15, 0.2) is 0 Å². The molecular formula is C25H36N4O4. The number of rotatable bonds is 8. The molecule has 1 atom stereocenters. The van der Waals surface area contributed by atoms with Crippen LogP contribution in [0.2, 0.25) is 0 Å². The Labute approximate surface area is 195 Å². The van der Waals surface area contributed by atoms with Crippen molar-refractivity contribution in [1.29, 1.82) is 0 Å². The number of aromatic amines is 1. The number of morpholine rings is 1. The molecule has 0 radical (unpaired) electrons. The standard InChI is InChI=1S/C25H36N4O4/c1-18(24(30)26-8-3-9-28-12-14-33-15-13-28)19-6-10-29(11-7-19)25(31)23-16-20-4-5-21(32-2)17-22(20)27-23/h4-5,16-19,27H,3,6-15H2,1-2H3,(H,26,30)/t18-/m1/s1. The molecule has 2 amide bonds. The van der Waals surface area contributed by atoms with Crippen molar-refractivity contribution in [2.24, 2.45) is 11.8 Å². The molecule has 2 aliphatic heterocycles. The Hall–Kier alpha value is -2.58. The summed E-state index contributed by atoms with van der Waals surface area (Å²) in [5.74, 6) is 1.18. The van der Waals surface area contributed by atoms with Crippen molar-refractivity contribution in [3.8, 4) is 5.75 Å². The van der Waals surface area contributed by atoms with E-state index < -0.39 is 0 Å². The Balaban J connectivity index is 1.21. The number of H-pyrrole nitrogens is 1. The fourth-order valence-electron chi connectivity index (χ4n) is 4.84. The van der Waals surface area contributed by atoms with Gasteiger partial charge in [-0.2, -0.15) is 0 Å². The van der Waals surface area contributed by atoms with Gasteiger partial charge in [0.2, 0.25) is 5.91 Å². The van der Waals surface area contributed by atoms with E-state index in [1.54, 1.807) is 7.11 Å². The van der Waals surface area contributed by atoms with E-state index >= 15 is 0 Å². The first-order valence-corrected chi connectivity index (χ1v) is 12.1. The zero-order valence-electron chi connectivity index (χ0n) is 19.8. The molecule has 180 valence electrons. The van der Waals surface area contributed by atoms with Crippen molar-refractivity contribution in [2.75, 3.05) is 59.6 Å². The van der Waals surface area contributed by atoms with Gasteiger partial charge in [-0.05, 0) is 49.9 Å². The zero-order chi connectivity index (χ0) is 23.2. The van der Waals surface area contributed by atoms with Crippen molar-refractivity contribution >= 4 is 22.7 Å². The lowest BCUT2D eigenvalue weighted by Crippen LogP contribution is -2.43. The molecule has 33 heavy (non-hydrogen) atoms. The molecule has 2 saturated heterocycles. The number of nitrogens with zero attached hydrogens (tertiary/aromatic N) is 2. The maximum atomic E-state index is 13.0. The summed E-state index contributed by atoms with van der Waals surface area (Å²) < 4.78 is 10.6. The fourth-order valence-corrected chi connectivity index (χ4v) is 4.84. The van der Waals surface area contributed by atoms with Crippen molar-refractivity contribution in [3.05, 3.63) is 30.0 Å². The minimum atomic E-state index is -0.0359. The van der Waals surface area contributed by atoms with Crippen LogP contribution >= 0.6 is 0 Å². The highest BCUT2D eigenvalue weighted by molar-refractivity contribution is 5.98. The van der Waals surface area contributed by atoms with Crippen molar-refractivity contribution in [2.45, 2.75) is 26.2 Å². The average Bonchev–Trinajstić information content (AvgIpc) is 3.29. The van der Waals surface area contributed by atoms with Crippen LogP contribution in [0, 0.1) is 11.8 Å². The second-order valence-corrected chi connectivity index (χ2v) is 9.15. The number of amides is 2. The number of likely N-dealkylation sites (tertiary alicyclic amines) is 1. The summed E-state index contributed by atoms with van der Waals surface area (Å²) in [4.78, 5) is 33.2. The first kappa shape index (κ1) is 23.6. The summed E-state index contributed by atoms with van der Waals surface area (Å²) in [5, 5.41) is 4.10. The van der Waals surface area contributed by atoms with Crippen LogP contribution in [-0.2, 0) is 9.53 Å². The largest absolute Gasteiger partial charge is 0.497 e. The van der Waals surface area contributed by atoms with Crippen LogP contribution in [0.3, 0.4) is 0 Å². The molecule has 0 bridgehead atoms. The minimum Gasteiger partial charge on any atom is -0.497 e. The molecule has 2 aliphatic rings. The van der Waals surface area contributed by atoms with E-state index in [4.69, 9.17) is 9.47 Å². The minimum absolute atomic E-state index is 0.0174. The lowest BCUT2D eigenvalue weighted by atomic mass is 9.84. The number of hydrogen-bond donors (Lipinski definition) is 2. The number of fused-ring (bicyclic) bond motifs is 1. The number of hydrogen-bond acceptors (Lipinski definition) is 5. The number of carbonyl (C=O) groups is 2. The third kappa shape index (κ3) is 5.86. The number of carbonyl (C=O) groups excluding carboxylic acids is 2. The second kappa shape index (κ2) is 11.0. The number of ether oxygens (including phenoxy) is 2. The first-order valence-electron chi connectivity index (χ1n) is 12.1. The van der Waals surface area contributed by atoms with Crippen LogP contribution in [0.1, 0.15) is 36.7 Å². The molecule has 0 spiro atoms. The number of methoxy groups -OCH3 is 1. The van der Waals surface area contributed by atoms with Crippen molar-refractivity contribution < 1.29 is 19.1 Å². The Morgan fingerprint density at radius 1 is 1.18 bits per heavy atom. The molecule has 1 aromatic heterocycles. The molecule has 0 unspecified atom stereocenters. The monoisotopic (exact) mass is 456 g/mol. The summed E-state index contributed by atoms with van der Waals surface area (Å²) in [6, 6.07) is 7.65. The molecule has 8 nitrogen and oxygen atoms in total. The van der Waals surface area contributed by atoms with Gasteiger partial charge in [0, 0.05) is 55.6 Å². The Morgan fingerprint density at radius 3 is 2.67 bits per heavy atom. The molecule has 4 rings (SSSR count). The van der Waals surface area contributed by atoms with Gasteiger partial charge in [0.1, 0.15) is 11.4 Å². The summed E-state index contributed by atoms with van der Waals surface area (Å²) in [7, 11) is 1.63. The van der Waals surface area contributed by atoms with E-state index in [0.29, 0.717) is 31.2 Å². The van der Waals surface area contributed by atoms with Crippen molar-refractivity contribution in [3.63, 3.8) is 0 Å². The van der Waals surface area contributed by atoms with E-state index in [2.05, 4.69) is 15.2 Å². The highest BCUT2D eigenvalue weighted by atomic mass is 16.5. The molecule has 0 saturated carbocycles. The molecule has 1 aromatic carbocycles. The SMILES string of the molecule is COc1ccc2cc(C(=O)N3CCC([C@@H](C)C(=O)NCCCN4CCOCC4)CC3)[nH]c2c1.